The molecule has 0 spiro atoms. The largest absolute Gasteiger partial charge is 0.252 e. The van der Waals surface area contributed by atoms with Crippen LogP contribution >= 0.6 is 0 Å². The van der Waals surface area contributed by atoms with Gasteiger partial charge in [0.05, 0.1) is 23.3 Å². The fourth-order valence-corrected chi connectivity index (χ4v) is 3.77. The Morgan fingerprint density at radius 2 is 1.04 bits per heavy atom. The Bertz CT molecular complexity index is 1100. The first-order valence-corrected chi connectivity index (χ1v) is 9.59. The van der Waals surface area contributed by atoms with E-state index in [1.165, 1.54) is 22.3 Å². The van der Waals surface area contributed by atoms with Crippen molar-refractivity contribution in [1.29, 1.82) is 0 Å². The van der Waals surface area contributed by atoms with E-state index in [4.69, 9.17) is 9.97 Å². The molecule has 2 nitrogen and oxygen atoms in total. The van der Waals surface area contributed by atoms with Crippen molar-refractivity contribution in [3.8, 4) is 33.8 Å². The third kappa shape index (κ3) is 3.72. The lowest BCUT2D eigenvalue weighted by atomic mass is 9.98. The summed E-state index contributed by atoms with van der Waals surface area (Å²) in [5.74, 6) is 0. The predicted molar refractivity (Wildman–Crippen MR) is 117 cm³/mol. The lowest BCUT2D eigenvalue weighted by Gasteiger charge is -2.13. The molecule has 28 heavy (non-hydrogen) atoms. The molecule has 0 fully saturated rings. The van der Waals surface area contributed by atoms with Gasteiger partial charge >= 0.3 is 0 Å². The van der Waals surface area contributed by atoms with Crippen LogP contribution in [-0.4, -0.2) is 9.97 Å². The molecule has 138 valence electrons. The molecule has 0 saturated carbocycles. The molecule has 1 heterocycles. The topological polar surface area (TPSA) is 25.8 Å². The quantitative estimate of drug-likeness (QED) is 0.404. The van der Waals surface area contributed by atoms with Crippen molar-refractivity contribution in [1.82, 2.24) is 9.97 Å². The highest BCUT2D eigenvalue weighted by molar-refractivity contribution is 5.80. The van der Waals surface area contributed by atoms with Crippen molar-refractivity contribution >= 4 is 0 Å². The van der Waals surface area contributed by atoms with E-state index in [9.17, 15) is 0 Å². The van der Waals surface area contributed by atoms with Gasteiger partial charge in [0.25, 0.3) is 0 Å². The van der Waals surface area contributed by atoms with E-state index in [1.54, 1.807) is 0 Å². The lowest BCUT2D eigenvalue weighted by Crippen LogP contribution is -1.97. The first-order chi connectivity index (χ1) is 13.5. The summed E-state index contributed by atoms with van der Waals surface area (Å²) >= 11 is 0. The van der Waals surface area contributed by atoms with Gasteiger partial charge in [-0.2, -0.15) is 0 Å². The van der Waals surface area contributed by atoms with E-state index in [0.29, 0.717) is 0 Å². The van der Waals surface area contributed by atoms with Crippen LogP contribution in [0.5, 0.6) is 0 Å². The fourth-order valence-electron chi connectivity index (χ4n) is 3.77. The Kier molecular flexibility index (Phi) is 4.79. The van der Waals surface area contributed by atoms with Gasteiger partial charge in [0.1, 0.15) is 0 Å². The predicted octanol–water partition coefficient (Wildman–Crippen LogP) is 6.71. The molecule has 0 saturated heterocycles. The molecule has 1 aromatic heterocycles. The minimum atomic E-state index is 0.892. The monoisotopic (exact) mass is 364 g/mol. The van der Waals surface area contributed by atoms with Gasteiger partial charge in [-0.05, 0) is 52.0 Å². The van der Waals surface area contributed by atoms with Gasteiger partial charge in [-0.25, -0.2) is 4.98 Å². The van der Waals surface area contributed by atoms with Gasteiger partial charge in [0.2, 0.25) is 0 Å². The number of aryl methyl sites for hydroxylation is 4. The maximum absolute atomic E-state index is 5.07. The lowest BCUT2D eigenvalue weighted by molar-refractivity contribution is 1.20. The van der Waals surface area contributed by atoms with Crippen LogP contribution in [0.4, 0.5) is 0 Å². The van der Waals surface area contributed by atoms with Crippen LogP contribution in [0.2, 0.25) is 0 Å². The Morgan fingerprint density at radius 3 is 1.57 bits per heavy atom. The van der Waals surface area contributed by atoms with Gasteiger partial charge in [-0.3, -0.25) is 4.98 Å². The number of nitrogens with zero attached hydrogens (tertiary/aromatic N) is 2. The van der Waals surface area contributed by atoms with Crippen molar-refractivity contribution in [3.63, 3.8) is 0 Å². The first kappa shape index (κ1) is 18.1. The molecule has 0 bridgehead atoms. The Morgan fingerprint density at radius 1 is 0.536 bits per heavy atom. The highest BCUT2D eigenvalue weighted by atomic mass is 14.8. The molecule has 0 aliphatic rings. The number of aromatic nitrogens is 2. The molecule has 2 heteroatoms. The Balaban J connectivity index is 1.97. The maximum atomic E-state index is 5.07. The fraction of sp³-hybridized carbons (Fsp3) is 0.154. The second-order valence-corrected chi connectivity index (χ2v) is 7.57. The summed E-state index contributed by atoms with van der Waals surface area (Å²) < 4.78 is 0. The van der Waals surface area contributed by atoms with Crippen LogP contribution in [0.1, 0.15) is 22.3 Å². The third-order valence-electron chi connectivity index (χ3n) is 4.83. The van der Waals surface area contributed by atoms with Crippen molar-refractivity contribution in [2.75, 3.05) is 0 Å². The second-order valence-electron chi connectivity index (χ2n) is 7.57. The smallest absolute Gasteiger partial charge is 0.0972 e. The molecule has 4 rings (SSSR count). The summed E-state index contributed by atoms with van der Waals surface area (Å²) in [6.45, 7) is 8.50. The van der Waals surface area contributed by atoms with Crippen molar-refractivity contribution in [2.24, 2.45) is 0 Å². The normalized spacial score (nSPS) is 10.9. The van der Waals surface area contributed by atoms with E-state index in [-0.39, 0.29) is 0 Å². The average molecular weight is 364 g/mol. The molecule has 3 aromatic carbocycles. The molecule has 0 aliphatic heterocycles. The minimum Gasteiger partial charge on any atom is -0.252 e. The summed E-state index contributed by atoms with van der Waals surface area (Å²) in [6, 6.07) is 23.4. The van der Waals surface area contributed by atoms with Gasteiger partial charge in [0, 0.05) is 16.7 Å². The zero-order chi connectivity index (χ0) is 19.7. The number of benzene rings is 3. The SMILES string of the molecule is Cc1cc(C)cc(-c2ncc(-c3ccccc3)nc2-c2cc(C)cc(C)c2)c1. The summed E-state index contributed by atoms with van der Waals surface area (Å²) in [6.07, 6.45) is 1.88. The molecule has 4 aromatic rings. The molecule has 0 atom stereocenters. The van der Waals surface area contributed by atoms with Crippen LogP contribution in [0.25, 0.3) is 33.8 Å². The van der Waals surface area contributed by atoms with E-state index in [2.05, 4.69) is 76.2 Å². The van der Waals surface area contributed by atoms with Crippen molar-refractivity contribution in [2.45, 2.75) is 27.7 Å². The Hall–Kier alpha value is -3.26. The average Bonchev–Trinajstić information content (AvgIpc) is 2.67. The standard InChI is InChI=1S/C26H24N2/c1-17-10-18(2)13-22(12-17)25-26(23-14-19(3)11-20(4)15-23)28-24(16-27-25)21-8-6-5-7-9-21/h5-16H,1-4H3. The van der Waals surface area contributed by atoms with Crippen molar-refractivity contribution in [3.05, 3.63) is 95.2 Å². The van der Waals surface area contributed by atoms with E-state index in [1.807, 2.05) is 24.4 Å². The van der Waals surface area contributed by atoms with Gasteiger partial charge in [0.15, 0.2) is 0 Å². The second kappa shape index (κ2) is 7.40. The van der Waals surface area contributed by atoms with E-state index < -0.39 is 0 Å². The molecular formula is C26H24N2. The van der Waals surface area contributed by atoms with Crippen LogP contribution in [0, 0.1) is 27.7 Å². The molecule has 0 unspecified atom stereocenters. The molecule has 0 N–H and O–H groups in total. The van der Waals surface area contributed by atoms with Gasteiger partial charge < -0.3 is 0 Å². The molecule has 0 amide bonds. The van der Waals surface area contributed by atoms with Crippen LogP contribution in [0.15, 0.2) is 72.9 Å². The number of rotatable bonds is 3. The molecule has 0 aliphatic carbocycles. The molecule has 0 radical (unpaired) electrons. The first-order valence-electron chi connectivity index (χ1n) is 9.59. The van der Waals surface area contributed by atoms with E-state index >= 15 is 0 Å². The summed E-state index contributed by atoms with van der Waals surface area (Å²) in [4.78, 5) is 9.95. The van der Waals surface area contributed by atoms with Gasteiger partial charge in [-0.1, -0.05) is 64.7 Å². The van der Waals surface area contributed by atoms with Gasteiger partial charge in [-0.15, -0.1) is 0 Å². The summed E-state index contributed by atoms with van der Waals surface area (Å²) in [5.41, 5.74) is 11.0. The Labute approximate surface area is 167 Å². The van der Waals surface area contributed by atoms with Crippen LogP contribution < -0.4 is 0 Å². The third-order valence-corrected chi connectivity index (χ3v) is 4.83. The number of hydrogen-bond acceptors (Lipinski definition) is 2. The maximum Gasteiger partial charge on any atom is 0.0972 e. The van der Waals surface area contributed by atoms with E-state index in [0.717, 1.165) is 33.8 Å². The minimum absolute atomic E-state index is 0.892. The molecular weight excluding hydrogens is 340 g/mol. The summed E-state index contributed by atoms with van der Waals surface area (Å²) in [7, 11) is 0. The highest BCUT2D eigenvalue weighted by Crippen LogP contribution is 2.33. The summed E-state index contributed by atoms with van der Waals surface area (Å²) in [5, 5.41) is 0. The zero-order valence-corrected chi connectivity index (χ0v) is 16.8. The van der Waals surface area contributed by atoms with Crippen LogP contribution in [-0.2, 0) is 0 Å². The van der Waals surface area contributed by atoms with Crippen LogP contribution in [0.3, 0.4) is 0 Å². The number of hydrogen-bond donors (Lipinski definition) is 0. The zero-order valence-electron chi connectivity index (χ0n) is 16.8. The highest BCUT2D eigenvalue weighted by Gasteiger charge is 2.14. The van der Waals surface area contributed by atoms with Crippen molar-refractivity contribution < 1.29 is 0 Å².